The molecule has 0 aliphatic carbocycles. The van der Waals surface area contributed by atoms with E-state index in [2.05, 4.69) is 20.9 Å². The molecule has 1 aromatic carbocycles. The van der Waals surface area contributed by atoms with E-state index in [4.69, 9.17) is 4.74 Å². The minimum absolute atomic E-state index is 0.114. The first-order valence-corrected chi connectivity index (χ1v) is 9.61. The number of fused-ring (bicyclic) bond motifs is 4. The van der Waals surface area contributed by atoms with Crippen LogP contribution < -0.4 is 15.2 Å². The third-order valence-corrected chi connectivity index (χ3v) is 5.37. The first-order valence-electron chi connectivity index (χ1n) is 8.81. The van der Waals surface area contributed by atoms with E-state index in [0.29, 0.717) is 23.4 Å². The number of nitrogens with zero attached hydrogens (tertiary/aromatic N) is 3. The van der Waals surface area contributed by atoms with Gasteiger partial charge in [0.05, 0.1) is 4.47 Å². The first-order chi connectivity index (χ1) is 12.6. The minimum atomic E-state index is -0.292. The maximum Gasteiger partial charge on any atom is 0.277 e. The minimum Gasteiger partial charge on any atom is -0.482 e. The molecule has 0 radical (unpaired) electrons. The topological polar surface area (TPSA) is 54.8 Å². The fraction of sp³-hybridized carbons (Fsp3) is 0.368. The fourth-order valence-electron chi connectivity index (χ4n) is 3.44. The van der Waals surface area contributed by atoms with Gasteiger partial charge >= 0.3 is 0 Å². The number of aromatic nitrogens is 1. The van der Waals surface area contributed by atoms with Crippen molar-refractivity contribution in [2.45, 2.75) is 25.9 Å². The highest BCUT2D eigenvalue weighted by Gasteiger charge is 2.34. The highest BCUT2D eigenvalue weighted by atomic mass is 79.9. The normalized spacial score (nSPS) is 16.7. The molecule has 0 spiro atoms. The molecule has 0 saturated carbocycles. The number of carbonyl (C=O) groups is 1. The highest BCUT2D eigenvalue weighted by Crippen LogP contribution is 2.26. The van der Waals surface area contributed by atoms with E-state index in [1.165, 1.54) is 0 Å². The quantitative estimate of drug-likeness (QED) is 0.770. The van der Waals surface area contributed by atoms with Crippen LogP contribution in [0.25, 0.3) is 0 Å². The van der Waals surface area contributed by atoms with Gasteiger partial charge in [0, 0.05) is 19.3 Å². The third kappa shape index (κ3) is 3.11. The third-order valence-electron chi connectivity index (χ3n) is 4.80. The largest absolute Gasteiger partial charge is 0.482 e. The lowest BCUT2D eigenvalue weighted by atomic mass is 10.1. The van der Waals surface area contributed by atoms with E-state index in [1.54, 1.807) is 15.8 Å². The molecule has 1 saturated heterocycles. The molecule has 1 amide bonds. The van der Waals surface area contributed by atoms with E-state index in [1.807, 2.05) is 30.3 Å². The Kier molecular flexibility index (Phi) is 4.72. The molecule has 4 rings (SSSR count). The zero-order valence-corrected chi connectivity index (χ0v) is 15.9. The zero-order valence-electron chi connectivity index (χ0n) is 14.4. The van der Waals surface area contributed by atoms with Crippen molar-refractivity contribution in [3.63, 3.8) is 0 Å². The van der Waals surface area contributed by atoms with Crippen LogP contribution in [0.15, 0.2) is 45.8 Å². The second kappa shape index (κ2) is 7.15. The summed E-state index contributed by atoms with van der Waals surface area (Å²) in [5.41, 5.74) is 0.977. The summed E-state index contributed by atoms with van der Waals surface area (Å²) in [6, 6.07) is 9.63. The fourth-order valence-corrected chi connectivity index (χ4v) is 3.81. The number of hydrogen-bond donors (Lipinski definition) is 0. The van der Waals surface area contributed by atoms with E-state index in [9.17, 15) is 9.59 Å². The van der Waals surface area contributed by atoms with Gasteiger partial charge in [-0.05, 0) is 40.8 Å². The summed E-state index contributed by atoms with van der Waals surface area (Å²) in [4.78, 5) is 27.5. The zero-order chi connectivity index (χ0) is 18.1. The Morgan fingerprint density at radius 3 is 2.62 bits per heavy atom. The lowest BCUT2D eigenvalue weighted by molar-refractivity contribution is 0.0670. The average Bonchev–Trinajstić information content (AvgIpc) is 2.62. The molecule has 3 heterocycles. The highest BCUT2D eigenvalue weighted by molar-refractivity contribution is 9.10. The van der Waals surface area contributed by atoms with Crippen molar-refractivity contribution in [1.29, 1.82) is 0 Å². The standard InChI is InChI=1S/C19H20BrN3O3/c20-15-11-23-16(19(25)21-9-5-2-6-10-22(23)13-21)18(17(15)24)26-12-14-7-3-1-4-8-14/h1,3-4,7-8,11H,2,5-6,9-10,12-13H2. The Morgan fingerprint density at radius 1 is 1.04 bits per heavy atom. The van der Waals surface area contributed by atoms with Crippen molar-refractivity contribution in [2.75, 3.05) is 24.8 Å². The number of benzene rings is 1. The van der Waals surface area contributed by atoms with Gasteiger partial charge in [0.1, 0.15) is 13.3 Å². The summed E-state index contributed by atoms with van der Waals surface area (Å²) in [5, 5.41) is 2.09. The number of amides is 1. The monoisotopic (exact) mass is 417 g/mol. The lowest BCUT2D eigenvalue weighted by Crippen LogP contribution is -2.55. The Morgan fingerprint density at radius 2 is 1.81 bits per heavy atom. The van der Waals surface area contributed by atoms with Crippen molar-refractivity contribution >= 4 is 21.8 Å². The van der Waals surface area contributed by atoms with E-state index >= 15 is 0 Å². The molecule has 6 nitrogen and oxygen atoms in total. The summed E-state index contributed by atoms with van der Waals surface area (Å²) in [6.07, 6.45) is 4.82. The van der Waals surface area contributed by atoms with Crippen molar-refractivity contribution in [2.24, 2.45) is 0 Å². The number of carbonyl (C=O) groups excluding carboxylic acids is 1. The Balaban J connectivity index is 1.77. The molecule has 0 atom stereocenters. The smallest absolute Gasteiger partial charge is 0.277 e. The summed E-state index contributed by atoms with van der Waals surface area (Å²) >= 11 is 3.33. The van der Waals surface area contributed by atoms with Crippen molar-refractivity contribution in [3.05, 3.63) is 62.5 Å². The van der Waals surface area contributed by atoms with Gasteiger partial charge in [-0.1, -0.05) is 30.3 Å². The molecule has 136 valence electrons. The van der Waals surface area contributed by atoms with Crippen LogP contribution in [-0.4, -0.2) is 35.2 Å². The van der Waals surface area contributed by atoms with Gasteiger partial charge in [0.25, 0.3) is 5.91 Å². The number of hydrogen-bond acceptors (Lipinski definition) is 4. The molecule has 0 unspecified atom stereocenters. The SMILES string of the molecule is O=C1c2c(OCc3ccccc3)c(=O)c(Br)cn2N2CCCCCN1C2. The molecule has 1 aromatic heterocycles. The lowest BCUT2D eigenvalue weighted by Gasteiger charge is -2.41. The Bertz CT molecular complexity index is 882. The van der Waals surface area contributed by atoms with Crippen LogP contribution in [0.1, 0.15) is 35.3 Å². The van der Waals surface area contributed by atoms with Gasteiger partial charge in [-0.3, -0.25) is 19.3 Å². The molecule has 2 aliphatic heterocycles. The number of pyridine rings is 1. The average molecular weight is 418 g/mol. The first kappa shape index (κ1) is 17.1. The van der Waals surface area contributed by atoms with Crippen molar-refractivity contribution < 1.29 is 9.53 Å². The second-order valence-electron chi connectivity index (χ2n) is 6.60. The van der Waals surface area contributed by atoms with Gasteiger partial charge in [-0.15, -0.1) is 0 Å². The van der Waals surface area contributed by atoms with Crippen molar-refractivity contribution in [3.8, 4) is 5.75 Å². The van der Waals surface area contributed by atoms with E-state index in [-0.39, 0.29) is 23.7 Å². The number of halogens is 1. The second-order valence-corrected chi connectivity index (χ2v) is 7.46. The van der Waals surface area contributed by atoms with Gasteiger partial charge in [0.15, 0.2) is 11.4 Å². The van der Waals surface area contributed by atoms with Crippen LogP contribution in [0.2, 0.25) is 0 Å². The maximum absolute atomic E-state index is 13.0. The Labute approximate surface area is 160 Å². The summed E-state index contributed by atoms with van der Waals surface area (Å²) in [7, 11) is 0. The molecule has 2 bridgehead atoms. The van der Waals surface area contributed by atoms with Gasteiger partial charge in [-0.25, -0.2) is 0 Å². The van der Waals surface area contributed by atoms with Crippen molar-refractivity contribution in [1.82, 2.24) is 9.58 Å². The molecule has 2 aliphatic rings. The summed E-state index contributed by atoms with van der Waals surface area (Å²) in [6.45, 7) is 2.33. The van der Waals surface area contributed by atoms with E-state index in [0.717, 1.165) is 31.4 Å². The van der Waals surface area contributed by atoms with Crippen LogP contribution in [0, 0.1) is 0 Å². The van der Waals surface area contributed by atoms with Crippen LogP contribution in [0.3, 0.4) is 0 Å². The number of ether oxygens (including phenoxy) is 1. The van der Waals surface area contributed by atoms with Crippen LogP contribution in [0.4, 0.5) is 0 Å². The number of rotatable bonds is 3. The molecule has 0 N–H and O–H groups in total. The molecular weight excluding hydrogens is 398 g/mol. The van der Waals surface area contributed by atoms with Crippen LogP contribution in [0.5, 0.6) is 5.75 Å². The molecular formula is C19H20BrN3O3. The van der Waals surface area contributed by atoms with Gasteiger partial charge in [0.2, 0.25) is 5.43 Å². The Hall–Kier alpha value is -2.28. The summed E-state index contributed by atoms with van der Waals surface area (Å²) in [5.74, 6) is -0.0284. The molecule has 2 aromatic rings. The van der Waals surface area contributed by atoms with Gasteiger partial charge in [-0.2, -0.15) is 0 Å². The molecule has 1 fully saturated rings. The predicted molar refractivity (Wildman–Crippen MR) is 102 cm³/mol. The van der Waals surface area contributed by atoms with E-state index < -0.39 is 0 Å². The molecule has 26 heavy (non-hydrogen) atoms. The van der Waals surface area contributed by atoms with Crippen LogP contribution in [-0.2, 0) is 6.61 Å². The van der Waals surface area contributed by atoms with Crippen LogP contribution >= 0.6 is 15.9 Å². The maximum atomic E-state index is 13.0. The molecule has 7 heteroatoms. The summed E-state index contributed by atoms with van der Waals surface area (Å²) < 4.78 is 8.06. The predicted octanol–water partition coefficient (Wildman–Crippen LogP) is 2.73. The van der Waals surface area contributed by atoms with Gasteiger partial charge < -0.3 is 9.64 Å².